The van der Waals surface area contributed by atoms with Gasteiger partial charge in [0.05, 0.1) is 5.92 Å². The first kappa shape index (κ1) is 16.6. The molecule has 1 aromatic carbocycles. The van der Waals surface area contributed by atoms with Gasteiger partial charge in [-0.2, -0.15) is 13.2 Å². The first-order chi connectivity index (χ1) is 9.84. The highest BCUT2D eigenvalue weighted by Gasteiger charge is 2.42. The van der Waals surface area contributed by atoms with Gasteiger partial charge in [-0.3, -0.25) is 0 Å². The maximum absolute atomic E-state index is 12.8. The molecule has 0 spiro atoms. The summed E-state index contributed by atoms with van der Waals surface area (Å²) in [5.41, 5.74) is 1.14. The Morgan fingerprint density at radius 1 is 1.24 bits per heavy atom. The molecule has 0 amide bonds. The zero-order valence-corrected chi connectivity index (χ0v) is 12.8. The maximum atomic E-state index is 12.8. The average Bonchev–Trinajstić information content (AvgIpc) is 2.41. The van der Waals surface area contributed by atoms with Crippen molar-refractivity contribution in [3.05, 3.63) is 34.9 Å². The fourth-order valence-corrected chi connectivity index (χ4v) is 3.20. The third-order valence-electron chi connectivity index (χ3n) is 4.11. The Kier molecular flexibility index (Phi) is 5.55. The molecule has 0 heterocycles. The van der Waals surface area contributed by atoms with E-state index >= 15 is 0 Å². The Morgan fingerprint density at radius 3 is 2.52 bits per heavy atom. The topological polar surface area (TPSA) is 12.0 Å². The van der Waals surface area contributed by atoms with Gasteiger partial charge < -0.3 is 5.32 Å². The van der Waals surface area contributed by atoms with Crippen LogP contribution in [0.3, 0.4) is 0 Å². The van der Waals surface area contributed by atoms with Crippen LogP contribution in [0.1, 0.15) is 38.2 Å². The molecule has 0 aromatic heterocycles. The summed E-state index contributed by atoms with van der Waals surface area (Å²) in [7, 11) is 0. The monoisotopic (exact) mass is 319 g/mol. The van der Waals surface area contributed by atoms with Gasteiger partial charge in [0.15, 0.2) is 0 Å². The van der Waals surface area contributed by atoms with Crippen LogP contribution < -0.4 is 5.32 Å². The van der Waals surface area contributed by atoms with Gasteiger partial charge >= 0.3 is 6.18 Å². The second kappa shape index (κ2) is 7.01. The quantitative estimate of drug-likeness (QED) is 0.825. The van der Waals surface area contributed by atoms with E-state index in [1.165, 1.54) is 0 Å². The lowest BCUT2D eigenvalue weighted by Gasteiger charge is -2.33. The van der Waals surface area contributed by atoms with Crippen LogP contribution in [0.25, 0.3) is 0 Å². The molecular formula is C16H21ClF3N. The minimum Gasteiger partial charge on any atom is -0.311 e. The number of benzene rings is 1. The molecule has 1 aliphatic carbocycles. The van der Waals surface area contributed by atoms with Crippen molar-refractivity contribution >= 4 is 11.6 Å². The van der Waals surface area contributed by atoms with Crippen molar-refractivity contribution < 1.29 is 13.2 Å². The largest absolute Gasteiger partial charge is 0.391 e. The second-order valence-corrected chi connectivity index (χ2v) is 6.44. The summed E-state index contributed by atoms with van der Waals surface area (Å²) in [6, 6.07) is 7.71. The lowest BCUT2D eigenvalue weighted by molar-refractivity contribution is -0.183. The highest BCUT2D eigenvalue weighted by atomic mass is 35.5. The fourth-order valence-electron chi connectivity index (χ4n) is 3.07. The van der Waals surface area contributed by atoms with Crippen molar-refractivity contribution in [1.29, 1.82) is 0 Å². The highest BCUT2D eigenvalue weighted by molar-refractivity contribution is 6.30. The Balaban J connectivity index is 1.84. The molecule has 3 atom stereocenters. The van der Waals surface area contributed by atoms with Crippen molar-refractivity contribution in [2.75, 3.05) is 0 Å². The van der Waals surface area contributed by atoms with E-state index in [0.717, 1.165) is 18.4 Å². The third kappa shape index (κ3) is 5.19. The molecule has 0 saturated heterocycles. The van der Waals surface area contributed by atoms with Crippen LogP contribution in [0.5, 0.6) is 0 Å². The number of nitrogens with one attached hydrogen (secondary N) is 1. The van der Waals surface area contributed by atoms with Crippen LogP contribution in [0.2, 0.25) is 5.02 Å². The Bertz CT molecular complexity index is 444. The van der Waals surface area contributed by atoms with Gasteiger partial charge in [0.25, 0.3) is 0 Å². The Morgan fingerprint density at radius 2 is 1.90 bits per heavy atom. The number of alkyl halides is 3. The van der Waals surface area contributed by atoms with Gasteiger partial charge in [-0.15, -0.1) is 0 Å². The van der Waals surface area contributed by atoms with Crippen LogP contribution in [0.15, 0.2) is 24.3 Å². The lowest BCUT2D eigenvalue weighted by Crippen LogP contribution is -2.43. The Hall–Kier alpha value is -0.740. The van der Waals surface area contributed by atoms with Gasteiger partial charge in [0.2, 0.25) is 0 Å². The molecule has 1 N–H and O–H groups in total. The van der Waals surface area contributed by atoms with Crippen molar-refractivity contribution in [2.45, 2.75) is 57.3 Å². The van der Waals surface area contributed by atoms with E-state index in [4.69, 9.17) is 11.6 Å². The fraction of sp³-hybridized carbons (Fsp3) is 0.625. The van der Waals surface area contributed by atoms with Gasteiger partial charge in [-0.05, 0) is 50.3 Å². The minimum atomic E-state index is -4.06. The van der Waals surface area contributed by atoms with Crippen LogP contribution in [0, 0.1) is 5.92 Å². The standard InChI is InChI=1S/C16H21ClF3N/c1-11(9-12-5-7-14(17)8-6-12)21-15-4-2-3-13(10-15)16(18,19)20/h5-8,11,13,15,21H,2-4,9-10H2,1H3. The number of hydrogen-bond donors (Lipinski definition) is 1. The Labute approximate surface area is 128 Å². The molecule has 0 bridgehead atoms. The van der Waals surface area contributed by atoms with Crippen LogP contribution >= 0.6 is 11.6 Å². The molecule has 3 unspecified atom stereocenters. The summed E-state index contributed by atoms with van der Waals surface area (Å²) in [4.78, 5) is 0. The third-order valence-corrected chi connectivity index (χ3v) is 4.36. The van der Waals surface area contributed by atoms with Crippen molar-refractivity contribution in [3.8, 4) is 0 Å². The van der Waals surface area contributed by atoms with Gasteiger partial charge in [-0.1, -0.05) is 30.2 Å². The van der Waals surface area contributed by atoms with E-state index in [9.17, 15) is 13.2 Å². The summed E-state index contributed by atoms with van der Waals surface area (Å²) in [6.45, 7) is 2.02. The van der Waals surface area contributed by atoms with Crippen molar-refractivity contribution in [3.63, 3.8) is 0 Å². The number of hydrogen-bond acceptors (Lipinski definition) is 1. The van der Waals surface area contributed by atoms with E-state index in [-0.39, 0.29) is 24.9 Å². The van der Waals surface area contributed by atoms with Crippen molar-refractivity contribution in [2.24, 2.45) is 5.92 Å². The van der Waals surface area contributed by atoms with Gasteiger partial charge in [0.1, 0.15) is 0 Å². The van der Waals surface area contributed by atoms with Crippen molar-refractivity contribution in [1.82, 2.24) is 5.32 Å². The van der Waals surface area contributed by atoms with E-state index in [1.54, 1.807) is 0 Å². The van der Waals surface area contributed by atoms with E-state index in [0.29, 0.717) is 11.4 Å². The highest BCUT2D eigenvalue weighted by Crippen LogP contribution is 2.37. The summed E-state index contributed by atoms with van der Waals surface area (Å²) >= 11 is 5.84. The normalized spacial score (nSPS) is 24.8. The molecular weight excluding hydrogens is 299 g/mol. The minimum absolute atomic E-state index is 0.0346. The second-order valence-electron chi connectivity index (χ2n) is 6.00. The average molecular weight is 320 g/mol. The predicted octanol–water partition coefficient (Wildman–Crippen LogP) is 4.98. The van der Waals surface area contributed by atoms with Crippen LogP contribution in [0.4, 0.5) is 13.2 Å². The number of halogens is 4. The molecule has 0 aliphatic heterocycles. The number of rotatable bonds is 4. The lowest BCUT2D eigenvalue weighted by atomic mass is 9.85. The van der Waals surface area contributed by atoms with Gasteiger partial charge in [-0.25, -0.2) is 0 Å². The molecule has 1 saturated carbocycles. The van der Waals surface area contributed by atoms with E-state index in [1.807, 2.05) is 31.2 Å². The molecule has 1 aromatic rings. The molecule has 1 aliphatic rings. The summed E-state index contributed by atoms with van der Waals surface area (Å²) in [6.07, 6.45) is -1.31. The zero-order chi connectivity index (χ0) is 15.5. The van der Waals surface area contributed by atoms with Gasteiger partial charge in [0, 0.05) is 17.1 Å². The zero-order valence-electron chi connectivity index (χ0n) is 12.1. The summed E-state index contributed by atoms with van der Waals surface area (Å²) < 4.78 is 38.4. The molecule has 5 heteroatoms. The molecule has 118 valence electrons. The summed E-state index contributed by atoms with van der Waals surface area (Å²) in [5.74, 6) is -1.15. The molecule has 21 heavy (non-hydrogen) atoms. The first-order valence-corrected chi connectivity index (χ1v) is 7.79. The van der Waals surface area contributed by atoms with E-state index in [2.05, 4.69) is 5.32 Å². The molecule has 1 fully saturated rings. The van der Waals surface area contributed by atoms with E-state index < -0.39 is 12.1 Å². The van der Waals surface area contributed by atoms with Crippen LogP contribution in [-0.4, -0.2) is 18.3 Å². The SMILES string of the molecule is CC(Cc1ccc(Cl)cc1)NC1CCCC(C(F)(F)F)C1. The first-order valence-electron chi connectivity index (χ1n) is 7.42. The summed E-state index contributed by atoms with van der Waals surface area (Å²) in [5, 5.41) is 4.05. The predicted molar refractivity (Wildman–Crippen MR) is 79.6 cm³/mol. The molecule has 1 nitrogen and oxygen atoms in total. The molecule has 0 radical (unpaired) electrons. The van der Waals surface area contributed by atoms with Crippen LogP contribution in [-0.2, 0) is 6.42 Å². The smallest absolute Gasteiger partial charge is 0.311 e. The molecule has 2 rings (SSSR count). The maximum Gasteiger partial charge on any atom is 0.391 e.